The van der Waals surface area contributed by atoms with Crippen LogP contribution in [0.15, 0.2) is 36.7 Å². The van der Waals surface area contributed by atoms with Crippen LogP contribution in [-0.2, 0) is 6.54 Å². The molecular weight excluding hydrogens is 331 g/mol. The number of unbranched alkanes of at least 4 members (excludes halogenated alkanes) is 1. The maximum Gasteiger partial charge on any atom is 0.0785 e. The molecule has 3 rings (SSSR count). The van der Waals surface area contributed by atoms with Crippen LogP contribution in [0.2, 0.25) is 10.0 Å². The summed E-state index contributed by atoms with van der Waals surface area (Å²) in [5.74, 6) is 0. The fourth-order valence-electron chi connectivity index (χ4n) is 2.99. The maximum absolute atomic E-state index is 6.28. The minimum atomic E-state index is 0.709. The first-order valence-corrected chi connectivity index (χ1v) is 8.88. The van der Waals surface area contributed by atoms with Crippen molar-refractivity contribution in [2.45, 2.75) is 19.4 Å². The first-order chi connectivity index (χ1) is 11.2. The molecule has 1 aliphatic heterocycles. The zero-order valence-electron chi connectivity index (χ0n) is 13.2. The Morgan fingerprint density at radius 1 is 0.957 bits per heavy atom. The highest BCUT2D eigenvalue weighted by Gasteiger charge is 2.18. The number of rotatable bonds is 6. The molecule has 1 aromatic heterocycles. The molecule has 23 heavy (non-hydrogen) atoms. The standard InChI is InChI=1S/C17H22Cl2N4/c18-15-13-20-23(14-15)8-4-3-7-21-9-11-22(12-10-21)17-6-2-1-5-16(17)19/h1-2,5-6,13-14H,3-4,7-12H2. The lowest BCUT2D eigenvalue weighted by Crippen LogP contribution is -2.46. The molecule has 2 aromatic rings. The maximum atomic E-state index is 6.28. The summed E-state index contributed by atoms with van der Waals surface area (Å²) < 4.78 is 1.91. The lowest BCUT2D eigenvalue weighted by molar-refractivity contribution is 0.251. The topological polar surface area (TPSA) is 24.3 Å². The number of hydrogen-bond donors (Lipinski definition) is 0. The van der Waals surface area contributed by atoms with Crippen LogP contribution in [0.25, 0.3) is 0 Å². The molecule has 2 heterocycles. The van der Waals surface area contributed by atoms with Crippen molar-refractivity contribution < 1.29 is 0 Å². The molecule has 124 valence electrons. The van der Waals surface area contributed by atoms with Gasteiger partial charge in [-0.05, 0) is 31.5 Å². The van der Waals surface area contributed by atoms with Gasteiger partial charge in [0.15, 0.2) is 0 Å². The van der Waals surface area contributed by atoms with E-state index in [1.54, 1.807) is 6.20 Å². The van der Waals surface area contributed by atoms with Crippen LogP contribution in [0.1, 0.15) is 12.8 Å². The lowest BCUT2D eigenvalue weighted by Gasteiger charge is -2.36. The molecule has 0 amide bonds. The van der Waals surface area contributed by atoms with Gasteiger partial charge in [-0.3, -0.25) is 9.58 Å². The second kappa shape index (κ2) is 8.04. The summed E-state index contributed by atoms with van der Waals surface area (Å²) in [5.41, 5.74) is 1.16. The number of aromatic nitrogens is 2. The Bertz CT molecular complexity index is 621. The average Bonchev–Trinajstić information content (AvgIpc) is 2.98. The van der Waals surface area contributed by atoms with Crippen molar-refractivity contribution >= 4 is 28.9 Å². The molecule has 0 aliphatic carbocycles. The number of piperazine rings is 1. The molecule has 1 aromatic carbocycles. The molecule has 1 aliphatic rings. The highest BCUT2D eigenvalue weighted by molar-refractivity contribution is 6.33. The quantitative estimate of drug-likeness (QED) is 0.739. The van der Waals surface area contributed by atoms with Crippen molar-refractivity contribution in [1.82, 2.24) is 14.7 Å². The number of anilines is 1. The SMILES string of the molecule is Clc1cnn(CCCCN2CCN(c3ccccc3Cl)CC2)c1. The van der Waals surface area contributed by atoms with E-state index in [4.69, 9.17) is 23.2 Å². The number of para-hydroxylation sites is 1. The van der Waals surface area contributed by atoms with Gasteiger partial charge in [0.05, 0.1) is 21.9 Å². The van der Waals surface area contributed by atoms with Crippen molar-refractivity contribution in [2.75, 3.05) is 37.6 Å². The summed E-state index contributed by atoms with van der Waals surface area (Å²) in [6.45, 7) is 6.35. The van der Waals surface area contributed by atoms with E-state index in [0.29, 0.717) is 5.02 Å². The molecule has 1 saturated heterocycles. The van der Waals surface area contributed by atoms with E-state index in [1.165, 1.54) is 6.42 Å². The van der Waals surface area contributed by atoms with Gasteiger partial charge >= 0.3 is 0 Å². The van der Waals surface area contributed by atoms with Gasteiger partial charge in [0, 0.05) is 38.9 Å². The number of aryl methyl sites for hydroxylation is 1. The first kappa shape index (κ1) is 16.6. The zero-order chi connectivity index (χ0) is 16.1. The van der Waals surface area contributed by atoms with Gasteiger partial charge < -0.3 is 4.90 Å². The molecule has 0 saturated carbocycles. The van der Waals surface area contributed by atoms with Crippen molar-refractivity contribution in [3.63, 3.8) is 0 Å². The Morgan fingerprint density at radius 3 is 2.39 bits per heavy atom. The predicted octanol–water partition coefficient (Wildman–Crippen LogP) is 3.79. The third-order valence-electron chi connectivity index (χ3n) is 4.28. The number of hydrogen-bond acceptors (Lipinski definition) is 3. The molecule has 6 heteroatoms. The van der Waals surface area contributed by atoms with E-state index in [0.717, 1.165) is 56.4 Å². The highest BCUT2D eigenvalue weighted by Crippen LogP contribution is 2.26. The predicted molar refractivity (Wildman–Crippen MR) is 96.6 cm³/mol. The van der Waals surface area contributed by atoms with Crippen LogP contribution in [0.5, 0.6) is 0 Å². The first-order valence-electron chi connectivity index (χ1n) is 8.12. The molecular formula is C17H22Cl2N4. The largest absolute Gasteiger partial charge is 0.368 e. The zero-order valence-corrected chi connectivity index (χ0v) is 14.7. The van der Waals surface area contributed by atoms with Crippen LogP contribution < -0.4 is 4.90 Å². The minimum absolute atomic E-state index is 0.709. The summed E-state index contributed by atoms with van der Waals surface area (Å²) in [7, 11) is 0. The monoisotopic (exact) mass is 352 g/mol. The summed E-state index contributed by atoms with van der Waals surface area (Å²) in [6, 6.07) is 8.10. The number of halogens is 2. The molecule has 0 spiro atoms. The third kappa shape index (κ3) is 4.63. The molecule has 4 nitrogen and oxygen atoms in total. The second-order valence-electron chi connectivity index (χ2n) is 5.91. The lowest BCUT2D eigenvalue weighted by atomic mass is 10.2. The van der Waals surface area contributed by atoms with E-state index in [9.17, 15) is 0 Å². The Labute approximate surface area is 147 Å². The normalized spacial score (nSPS) is 16.0. The van der Waals surface area contributed by atoms with E-state index in [1.807, 2.05) is 23.0 Å². The molecule has 0 unspecified atom stereocenters. The fraction of sp³-hybridized carbons (Fsp3) is 0.471. The van der Waals surface area contributed by atoms with Gasteiger partial charge in [0.2, 0.25) is 0 Å². The third-order valence-corrected chi connectivity index (χ3v) is 4.79. The van der Waals surface area contributed by atoms with E-state index in [2.05, 4.69) is 27.0 Å². The van der Waals surface area contributed by atoms with Crippen LogP contribution in [0, 0.1) is 0 Å². The smallest absolute Gasteiger partial charge is 0.0785 e. The van der Waals surface area contributed by atoms with Gasteiger partial charge in [-0.25, -0.2) is 0 Å². The number of nitrogens with zero attached hydrogens (tertiary/aromatic N) is 4. The fourth-order valence-corrected chi connectivity index (χ4v) is 3.40. The van der Waals surface area contributed by atoms with Gasteiger partial charge in [0.25, 0.3) is 0 Å². The number of benzene rings is 1. The Hall–Kier alpha value is -1.23. The van der Waals surface area contributed by atoms with Crippen LogP contribution in [-0.4, -0.2) is 47.4 Å². The van der Waals surface area contributed by atoms with Crippen LogP contribution in [0.4, 0.5) is 5.69 Å². The Morgan fingerprint density at radius 2 is 1.70 bits per heavy atom. The Balaban J connectivity index is 1.37. The molecule has 0 atom stereocenters. The van der Waals surface area contributed by atoms with E-state index in [-0.39, 0.29) is 0 Å². The van der Waals surface area contributed by atoms with Gasteiger partial charge in [-0.15, -0.1) is 0 Å². The van der Waals surface area contributed by atoms with Gasteiger partial charge in [-0.1, -0.05) is 35.3 Å². The van der Waals surface area contributed by atoms with Crippen LogP contribution >= 0.6 is 23.2 Å². The molecule has 1 fully saturated rings. The summed E-state index contributed by atoms with van der Waals surface area (Å²) >= 11 is 12.1. The van der Waals surface area contributed by atoms with Crippen molar-refractivity contribution in [2.24, 2.45) is 0 Å². The summed E-state index contributed by atoms with van der Waals surface area (Å²) in [6.07, 6.45) is 5.88. The van der Waals surface area contributed by atoms with Crippen molar-refractivity contribution in [3.8, 4) is 0 Å². The summed E-state index contributed by atoms with van der Waals surface area (Å²) in [4.78, 5) is 4.91. The molecule has 0 radical (unpaired) electrons. The summed E-state index contributed by atoms with van der Waals surface area (Å²) in [5, 5.41) is 5.76. The van der Waals surface area contributed by atoms with Crippen molar-refractivity contribution in [3.05, 3.63) is 46.7 Å². The Kier molecular flexibility index (Phi) is 5.81. The highest BCUT2D eigenvalue weighted by atomic mass is 35.5. The van der Waals surface area contributed by atoms with Crippen LogP contribution in [0.3, 0.4) is 0 Å². The van der Waals surface area contributed by atoms with Gasteiger partial charge in [0.1, 0.15) is 0 Å². The molecule has 0 bridgehead atoms. The van der Waals surface area contributed by atoms with Gasteiger partial charge in [-0.2, -0.15) is 5.10 Å². The second-order valence-corrected chi connectivity index (χ2v) is 6.75. The molecule has 0 N–H and O–H groups in total. The van der Waals surface area contributed by atoms with Crippen molar-refractivity contribution in [1.29, 1.82) is 0 Å². The van der Waals surface area contributed by atoms with E-state index < -0.39 is 0 Å². The minimum Gasteiger partial charge on any atom is -0.368 e. The van der Waals surface area contributed by atoms with E-state index >= 15 is 0 Å². The average molecular weight is 353 g/mol.